The first-order valence-electron chi connectivity index (χ1n) is 9.57. The maximum Gasteiger partial charge on any atom is 0.341 e. The minimum Gasteiger partial charge on any atom is -0.462 e. The van der Waals surface area contributed by atoms with E-state index >= 15 is 0 Å². The first-order valence-corrected chi connectivity index (χ1v) is 10.4. The second-order valence-corrected chi connectivity index (χ2v) is 8.20. The number of aryl methyl sites for hydroxylation is 3. The van der Waals surface area contributed by atoms with Gasteiger partial charge in [0.2, 0.25) is 0 Å². The van der Waals surface area contributed by atoms with Crippen LogP contribution in [-0.4, -0.2) is 18.5 Å². The Hall–Kier alpha value is -2.93. The minimum atomic E-state index is -0.560. The summed E-state index contributed by atoms with van der Waals surface area (Å²) in [7, 11) is 0. The van der Waals surface area contributed by atoms with Crippen LogP contribution in [0.1, 0.15) is 55.8 Å². The van der Waals surface area contributed by atoms with Gasteiger partial charge in [0, 0.05) is 10.9 Å². The van der Waals surface area contributed by atoms with Crippen LogP contribution in [0, 0.1) is 13.8 Å². The maximum atomic E-state index is 12.9. The summed E-state index contributed by atoms with van der Waals surface area (Å²) in [6, 6.07) is 4.75. The molecule has 0 fully saturated rings. The van der Waals surface area contributed by atoms with Gasteiger partial charge < -0.3 is 14.5 Å². The summed E-state index contributed by atoms with van der Waals surface area (Å²) < 4.78 is 11.0. The van der Waals surface area contributed by atoms with E-state index < -0.39 is 11.9 Å². The zero-order chi connectivity index (χ0) is 20.7. The number of carbonyl (C=O) groups is 2. The molecule has 0 aliphatic heterocycles. The van der Waals surface area contributed by atoms with Crippen molar-refractivity contribution in [2.24, 2.45) is 0 Å². The monoisotopic (exact) mass is 411 g/mol. The van der Waals surface area contributed by atoms with Crippen molar-refractivity contribution in [2.75, 3.05) is 11.9 Å². The second kappa shape index (κ2) is 7.48. The number of carbonyl (C=O) groups excluding carboxylic acids is 2. The minimum absolute atomic E-state index is 0.0837. The number of ether oxygens (including phenoxy) is 1. The second-order valence-electron chi connectivity index (χ2n) is 7.10. The molecule has 0 unspecified atom stereocenters. The molecule has 29 heavy (non-hydrogen) atoms. The molecule has 7 heteroatoms. The Morgan fingerprint density at radius 1 is 1.24 bits per heavy atom. The molecule has 0 saturated heterocycles. The number of hydrogen-bond acceptors (Lipinski definition) is 6. The van der Waals surface area contributed by atoms with Crippen LogP contribution in [-0.2, 0) is 17.6 Å². The van der Waals surface area contributed by atoms with Gasteiger partial charge in [0.25, 0.3) is 5.91 Å². The molecular weight excluding hydrogens is 390 g/mol. The number of benzene rings is 1. The molecule has 1 aromatic carbocycles. The van der Waals surface area contributed by atoms with Gasteiger partial charge in [-0.15, -0.1) is 11.3 Å². The van der Waals surface area contributed by atoms with E-state index in [1.54, 1.807) is 13.0 Å². The van der Waals surface area contributed by atoms with Gasteiger partial charge in [-0.3, -0.25) is 9.59 Å². The number of anilines is 1. The number of nitrogens with one attached hydrogen (secondary N) is 1. The largest absolute Gasteiger partial charge is 0.462 e. The highest BCUT2D eigenvalue weighted by Gasteiger charge is 2.29. The number of esters is 1. The third-order valence-electron chi connectivity index (χ3n) is 5.27. The first-order chi connectivity index (χ1) is 13.9. The van der Waals surface area contributed by atoms with E-state index in [2.05, 4.69) is 5.32 Å². The normalized spacial score (nSPS) is 12.8. The lowest BCUT2D eigenvalue weighted by Gasteiger charge is -2.09. The van der Waals surface area contributed by atoms with E-state index in [0.717, 1.165) is 40.8 Å². The fourth-order valence-electron chi connectivity index (χ4n) is 3.64. The fourth-order valence-corrected chi connectivity index (χ4v) is 4.91. The molecule has 2 heterocycles. The highest BCUT2D eigenvalue weighted by molar-refractivity contribution is 7.17. The van der Waals surface area contributed by atoms with Crippen LogP contribution in [0.15, 0.2) is 27.4 Å². The summed E-state index contributed by atoms with van der Waals surface area (Å²) in [5.41, 5.74) is 3.29. The molecule has 2 aromatic heterocycles. The van der Waals surface area contributed by atoms with E-state index in [4.69, 9.17) is 9.15 Å². The first kappa shape index (κ1) is 19.4. The van der Waals surface area contributed by atoms with Crippen molar-refractivity contribution in [3.05, 3.63) is 61.3 Å². The number of fused-ring (bicyclic) bond motifs is 2. The number of rotatable bonds is 4. The maximum absolute atomic E-state index is 12.9. The SMILES string of the molecule is CCOC(=O)c1c(NC(=O)c2cc(=O)c3ccc(C)c(C)c3o2)sc2c1CCC2. The Kier molecular flexibility index (Phi) is 5.00. The van der Waals surface area contributed by atoms with Crippen LogP contribution in [0.4, 0.5) is 5.00 Å². The Labute approximate surface area is 171 Å². The van der Waals surface area contributed by atoms with Crippen molar-refractivity contribution in [3.63, 3.8) is 0 Å². The molecule has 3 aromatic rings. The molecule has 0 atom stereocenters. The molecule has 0 saturated carbocycles. The van der Waals surface area contributed by atoms with Crippen LogP contribution < -0.4 is 10.7 Å². The molecule has 0 radical (unpaired) electrons. The number of hydrogen-bond donors (Lipinski definition) is 1. The average molecular weight is 411 g/mol. The predicted molar refractivity (Wildman–Crippen MR) is 112 cm³/mol. The number of thiophene rings is 1. The van der Waals surface area contributed by atoms with Crippen molar-refractivity contribution in [1.82, 2.24) is 0 Å². The molecular formula is C22H21NO5S. The van der Waals surface area contributed by atoms with Crippen molar-refractivity contribution >= 4 is 39.2 Å². The van der Waals surface area contributed by atoms with Crippen molar-refractivity contribution in [2.45, 2.75) is 40.0 Å². The lowest BCUT2D eigenvalue weighted by Crippen LogP contribution is -2.17. The van der Waals surface area contributed by atoms with Crippen LogP contribution in [0.25, 0.3) is 11.0 Å². The topological polar surface area (TPSA) is 85.6 Å². The van der Waals surface area contributed by atoms with Gasteiger partial charge in [-0.25, -0.2) is 4.79 Å². The Morgan fingerprint density at radius 3 is 2.79 bits per heavy atom. The smallest absolute Gasteiger partial charge is 0.341 e. The van der Waals surface area contributed by atoms with Crippen molar-refractivity contribution < 1.29 is 18.7 Å². The molecule has 0 spiro atoms. The average Bonchev–Trinajstić information content (AvgIpc) is 3.25. The summed E-state index contributed by atoms with van der Waals surface area (Å²) in [4.78, 5) is 38.9. The van der Waals surface area contributed by atoms with Gasteiger partial charge in [-0.1, -0.05) is 6.07 Å². The summed E-state index contributed by atoms with van der Waals surface area (Å²) in [6.07, 6.45) is 2.66. The quantitative estimate of drug-likeness (QED) is 0.644. The van der Waals surface area contributed by atoms with E-state index in [9.17, 15) is 14.4 Å². The molecule has 1 amide bonds. The van der Waals surface area contributed by atoms with Gasteiger partial charge >= 0.3 is 5.97 Å². The molecule has 6 nitrogen and oxygen atoms in total. The summed E-state index contributed by atoms with van der Waals surface area (Å²) in [5, 5.41) is 3.65. The predicted octanol–water partition coefficient (Wildman–Crippen LogP) is 4.39. The summed E-state index contributed by atoms with van der Waals surface area (Å²) >= 11 is 1.39. The molecule has 0 bridgehead atoms. The molecule has 1 aliphatic rings. The third kappa shape index (κ3) is 3.35. The van der Waals surface area contributed by atoms with Crippen LogP contribution in [0.2, 0.25) is 0 Å². The Balaban J connectivity index is 1.73. The standard InChI is InChI=1S/C22H21NO5S/c1-4-27-22(26)18-14-6-5-7-17(14)29-21(18)23-20(25)16-10-15(24)13-9-8-11(2)12(3)19(13)28-16/h8-10H,4-7H2,1-3H3,(H,23,25). The van der Waals surface area contributed by atoms with Gasteiger partial charge in [-0.2, -0.15) is 0 Å². The van der Waals surface area contributed by atoms with Crippen LogP contribution >= 0.6 is 11.3 Å². The van der Waals surface area contributed by atoms with E-state index in [-0.39, 0.29) is 17.8 Å². The van der Waals surface area contributed by atoms with Crippen molar-refractivity contribution in [3.8, 4) is 0 Å². The van der Waals surface area contributed by atoms with Gasteiger partial charge in [0.1, 0.15) is 10.6 Å². The Bertz CT molecular complexity index is 1200. The fraction of sp³-hybridized carbons (Fsp3) is 0.318. The van der Waals surface area contributed by atoms with Gasteiger partial charge in [0.05, 0.1) is 17.6 Å². The molecule has 150 valence electrons. The molecule has 1 N–H and O–H groups in total. The number of amides is 1. The zero-order valence-corrected chi connectivity index (χ0v) is 17.3. The molecule has 1 aliphatic carbocycles. The van der Waals surface area contributed by atoms with Crippen LogP contribution in [0.3, 0.4) is 0 Å². The summed E-state index contributed by atoms with van der Waals surface area (Å²) in [5.74, 6) is -1.08. The molecule has 4 rings (SSSR count). The highest BCUT2D eigenvalue weighted by atomic mass is 32.1. The lowest BCUT2D eigenvalue weighted by molar-refractivity contribution is 0.0527. The highest BCUT2D eigenvalue weighted by Crippen LogP contribution is 2.39. The van der Waals surface area contributed by atoms with Crippen molar-refractivity contribution in [1.29, 1.82) is 0 Å². The van der Waals surface area contributed by atoms with E-state index in [1.165, 1.54) is 17.4 Å². The zero-order valence-electron chi connectivity index (χ0n) is 16.5. The van der Waals surface area contributed by atoms with E-state index in [0.29, 0.717) is 21.5 Å². The summed E-state index contributed by atoms with van der Waals surface area (Å²) in [6.45, 7) is 5.77. The lowest BCUT2D eigenvalue weighted by atomic mass is 10.1. The third-order valence-corrected chi connectivity index (χ3v) is 6.48. The van der Waals surface area contributed by atoms with Gasteiger partial charge in [-0.05, 0) is 62.8 Å². The van der Waals surface area contributed by atoms with Gasteiger partial charge in [0.15, 0.2) is 11.2 Å². The Morgan fingerprint density at radius 2 is 2.03 bits per heavy atom. The van der Waals surface area contributed by atoms with Crippen LogP contribution in [0.5, 0.6) is 0 Å². The van der Waals surface area contributed by atoms with E-state index in [1.807, 2.05) is 19.9 Å².